The number of hydrogen-bond acceptors (Lipinski definition) is 7. The van der Waals surface area contributed by atoms with Crippen LogP contribution in [0.15, 0.2) is 53.9 Å². The van der Waals surface area contributed by atoms with Crippen molar-refractivity contribution in [3.63, 3.8) is 0 Å². The fourth-order valence-electron chi connectivity index (χ4n) is 2.82. The number of ether oxygens (including phenoxy) is 3. The zero-order valence-corrected chi connectivity index (χ0v) is 18.5. The summed E-state index contributed by atoms with van der Waals surface area (Å²) in [6.07, 6.45) is 2.88. The van der Waals surface area contributed by atoms with Crippen molar-refractivity contribution in [2.24, 2.45) is 0 Å². The van der Waals surface area contributed by atoms with Gasteiger partial charge in [0.15, 0.2) is 16.6 Å². The number of aromatic nitrogens is 1. The molecule has 0 bridgehead atoms. The lowest BCUT2D eigenvalue weighted by Gasteiger charge is -2.18. The summed E-state index contributed by atoms with van der Waals surface area (Å²) in [5.41, 5.74) is 1.29. The van der Waals surface area contributed by atoms with Gasteiger partial charge in [0, 0.05) is 18.4 Å². The topological polar surface area (TPSA) is 78.0 Å². The Bertz CT molecular complexity index is 1140. The van der Waals surface area contributed by atoms with E-state index in [4.69, 9.17) is 14.2 Å². The molecule has 1 aromatic heterocycles. The Kier molecular flexibility index (Phi) is 7.56. The predicted molar refractivity (Wildman–Crippen MR) is 120 cm³/mol. The lowest BCUT2D eigenvalue weighted by Crippen LogP contribution is -2.23. The van der Waals surface area contributed by atoms with E-state index in [2.05, 4.69) is 4.98 Å². The molecule has 166 valence electrons. The molecular weight excluding hydrogens is 435 g/mol. The smallest absolute Gasteiger partial charge is 0.331 e. The highest BCUT2D eigenvalue weighted by Crippen LogP contribution is 2.31. The molecule has 0 aliphatic carbocycles. The molecule has 0 fully saturated rings. The SMILES string of the molecule is COc1ccc(/C=C/C(=O)OCc2csc(N(C(C)=O)c3ccccc3F)n2)cc1OC. The molecule has 0 aliphatic rings. The Balaban J connectivity index is 1.64. The normalized spacial score (nSPS) is 10.8. The van der Waals surface area contributed by atoms with Crippen molar-refractivity contribution >= 4 is 40.1 Å². The van der Waals surface area contributed by atoms with E-state index in [0.29, 0.717) is 17.2 Å². The summed E-state index contributed by atoms with van der Waals surface area (Å²) in [4.78, 5) is 29.7. The Hall–Kier alpha value is -3.72. The van der Waals surface area contributed by atoms with Crippen LogP contribution in [0.3, 0.4) is 0 Å². The molecule has 3 aromatic rings. The van der Waals surface area contributed by atoms with Crippen LogP contribution in [0.4, 0.5) is 15.2 Å². The second-order valence-corrected chi connectivity index (χ2v) is 7.32. The van der Waals surface area contributed by atoms with Crippen molar-refractivity contribution in [1.29, 1.82) is 0 Å². The van der Waals surface area contributed by atoms with Gasteiger partial charge in [-0.05, 0) is 35.9 Å². The highest BCUT2D eigenvalue weighted by Gasteiger charge is 2.21. The third kappa shape index (κ3) is 5.50. The number of carbonyl (C=O) groups excluding carboxylic acids is 2. The van der Waals surface area contributed by atoms with E-state index in [-0.39, 0.29) is 23.3 Å². The molecule has 0 radical (unpaired) electrons. The van der Waals surface area contributed by atoms with Gasteiger partial charge in [-0.25, -0.2) is 14.2 Å². The van der Waals surface area contributed by atoms with Gasteiger partial charge in [0.1, 0.15) is 12.4 Å². The molecule has 1 amide bonds. The van der Waals surface area contributed by atoms with Crippen LogP contribution in [-0.2, 0) is 20.9 Å². The summed E-state index contributed by atoms with van der Waals surface area (Å²) < 4.78 is 29.8. The predicted octanol–water partition coefficient (Wildman–Crippen LogP) is 4.74. The van der Waals surface area contributed by atoms with Gasteiger partial charge in [-0.3, -0.25) is 9.69 Å². The van der Waals surface area contributed by atoms with E-state index in [1.807, 2.05) is 0 Å². The van der Waals surface area contributed by atoms with E-state index in [1.54, 1.807) is 48.9 Å². The van der Waals surface area contributed by atoms with Gasteiger partial charge in [-0.2, -0.15) is 0 Å². The standard InChI is InChI=1S/C23H21FN2O5S/c1-15(27)26(19-7-5-4-6-18(19)24)23-25-17(14-32-23)13-31-22(28)11-9-16-8-10-20(29-2)21(12-16)30-3/h4-12,14H,13H2,1-3H3/b11-9+. The number of anilines is 2. The summed E-state index contributed by atoms with van der Waals surface area (Å²) in [6, 6.07) is 11.2. The summed E-state index contributed by atoms with van der Waals surface area (Å²) >= 11 is 1.15. The van der Waals surface area contributed by atoms with E-state index < -0.39 is 11.8 Å². The summed E-state index contributed by atoms with van der Waals surface area (Å²) in [5.74, 6) is -0.353. The van der Waals surface area contributed by atoms with Gasteiger partial charge >= 0.3 is 5.97 Å². The number of rotatable bonds is 8. The van der Waals surface area contributed by atoms with Gasteiger partial charge < -0.3 is 14.2 Å². The second kappa shape index (κ2) is 10.5. The first-order valence-electron chi connectivity index (χ1n) is 9.49. The Labute approximate surface area is 188 Å². The molecule has 7 nitrogen and oxygen atoms in total. The maximum Gasteiger partial charge on any atom is 0.331 e. The van der Waals surface area contributed by atoms with E-state index in [1.165, 1.54) is 37.1 Å². The lowest BCUT2D eigenvalue weighted by atomic mass is 10.2. The Morgan fingerprint density at radius 2 is 1.88 bits per heavy atom. The maximum atomic E-state index is 14.2. The molecular formula is C23H21FN2O5S. The number of amides is 1. The molecule has 0 unspecified atom stereocenters. The largest absolute Gasteiger partial charge is 0.493 e. The molecule has 0 N–H and O–H groups in total. The molecule has 0 aliphatic heterocycles. The van der Waals surface area contributed by atoms with Crippen LogP contribution in [0.5, 0.6) is 11.5 Å². The number of benzene rings is 2. The summed E-state index contributed by atoms with van der Waals surface area (Å²) in [7, 11) is 3.07. The molecule has 2 aromatic carbocycles. The third-order valence-corrected chi connectivity index (χ3v) is 5.20. The van der Waals surface area contributed by atoms with Crippen molar-refractivity contribution in [2.45, 2.75) is 13.5 Å². The molecule has 0 saturated carbocycles. The maximum absolute atomic E-state index is 14.2. The number of thiazole rings is 1. The van der Waals surface area contributed by atoms with Crippen LogP contribution in [0.1, 0.15) is 18.2 Å². The Morgan fingerprint density at radius 3 is 2.56 bits per heavy atom. The van der Waals surface area contributed by atoms with Gasteiger partial charge in [-0.1, -0.05) is 18.2 Å². The first-order valence-corrected chi connectivity index (χ1v) is 10.4. The van der Waals surface area contributed by atoms with E-state index in [9.17, 15) is 14.0 Å². The van der Waals surface area contributed by atoms with Gasteiger partial charge in [0.05, 0.1) is 25.6 Å². The fraction of sp³-hybridized carbons (Fsp3) is 0.174. The number of halogens is 1. The van der Waals surface area contributed by atoms with Gasteiger partial charge in [-0.15, -0.1) is 11.3 Å². The van der Waals surface area contributed by atoms with Gasteiger partial charge in [0.2, 0.25) is 5.91 Å². The van der Waals surface area contributed by atoms with Crippen molar-refractivity contribution < 1.29 is 28.2 Å². The zero-order valence-electron chi connectivity index (χ0n) is 17.7. The van der Waals surface area contributed by atoms with Crippen molar-refractivity contribution in [1.82, 2.24) is 4.98 Å². The quantitative estimate of drug-likeness (QED) is 0.360. The summed E-state index contributed by atoms with van der Waals surface area (Å²) in [5, 5.41) is 1.94. The minimum atomic E-state index is -0.563. The minimum absolute atomic E-state index is 0.0887. The number of methoxy groups -OCH3 is 2. The molecule has 1 heterocycles. The third-order valence-electron chi connectivity index (χ3n) is 4.32. The van der Waals surface area contributed by atoms with E-state index in [0.717, 1.165) is 16.9 Å². The van der Waals surface area contributed by atoms with Crippen LogP contribution in [-0.4, -0.2) is 31.1 Å². The van der Waals surface area contributed by atoms with E-state index >= 15 is 0 Å². The molecule has 9 heteroatoms. The number of hydrogen-bond donors (Lipinski definition) is 0. The molecule has 0 atom stereocenters. The molecule has 32 heavy (non-hydrogen) atoms. The highest BCUT2D eigenvalue weighted by atomic mass is 32.1. The monoisotopic (exact) mass is 456 g/mol. The molecule has 3 rings (SSSR count). The van der Waals surface area contributed by atoms with Gasteiger partial charge in [0.25, 0.3) is 0 Å². The fourth-order valence-corrected chi connectivity index (χ4v) is 3.68. The van der Waals surface area contributed by atoms with Crippen molar-refractivity contribution in [3.05, 3.63) is 71.0 Å². The van der Waals surface area contributed by atoms with Crippen LogP contribution >= 0.6 is 11.3 Å². The number of para-hydroxylation sites is 1. The average molecular weight is 456 g/mol. The van der Waals surface area contributed by atoms with Crippen LogP contribution in [0.2, 0.25) is 0 Å². The summed E-state index contributed by atoms with van der Waals surface area (Å²) in [6.45, 7) is 1.24. The second-order valence-electron chi connectivity index (χ2n) is 6.48. The van der Waals surface area contributed by atoms with Crippen LogP contribution < -0.4 is 14.4 Å². The van der Waals surface area contributed by atoms with Crippen molar-refractivity contribution in [2.75, 3.05) is 19.1 Å². The lowest BCUT2D eigenvalue weighted by molar-refractivity contribution is -0.139. The number of esters is 1. The highest BCUT2D eigenvalue weighted by molar-refractivity contribution is 7.14. The van der Waals surface area contributed by atoms with Crippen LogP contribution in [0.25, 0.3) is 6.08 Å². The number of nitrogens with zero attached hydrogens (tertiary/aromatic N) is 2. The minimum Gasteiger partial charge on any atom is -0.493 e. The van der Waals surface area contributed by atoms with Crippen molar-refractivity contribution in [3.8, 4) is 11.5 Å². The average Bonchev–Trinajstić information content (AvgIpc) is 3.25. The first-order chi connectivity index (χ1) is 15.4. The molecule has 0 spiro atoms. The first kappa shape index (κ1) is 23.0. The molecule has 0 saturated heterocycles. The zero-order chi connectivity index (χ0) is 23.1. The number of carbonyl (C=O) groups is 2. The Morgan fingerprint density at radius 1 is 1.12 bits per heavy atom. The van der Waals surface area contributed by atoms with Crippen LogP contribution in [0, 0.1) is 5.82 Å².